The molecule has 1 aliphatic heterocycles. The van der Waals surface area contributed by atoms with E-state index in [1.807, 2.05) is 19.1 Å². The van der Waals surface area contributed by atoms with E-state index < -0.39 is 5.66 Å². The predicted octanol–water partition coefficient (Wildman–Crippen LogP) is 3.04. The summed E-state index contributed by atoms with van der Waals surface area (Å²) >= 11 is 0. The molecule has 1 aliphatic rings. The van der Waals surface area contributed by atoms with Crippen molar-refractivity contribution in [2.45, 2.75) is 12.6 Å². The van der Waals surface area contributed by atoms with Gasteiger partial charge in [0, 0.05) is 35.5 Å². The second-order valence-corrected chi connectivity index (χ2v) is 7.65. The van der Waals surface area contributed by atoms with Crippen molar-refractivity contribution in [2.75, 3.05) is 25.3 Å². The Balaban J connectivity index is 1.58. The number of nitrogens with zero attached hydrogens (tertiary/aromatic N) is 4. The Bertz CT molecular complexity index is 1400. The van der Waals surface area contributed by atoms with E-state index in [0.717, 1.165) is 11.3 Å². The molecule has 2 aromatic carbocycles. The Morgan fingerprint density at radius 2 is 1.82 bits per heavy atom. The SMILES string of the molecule is COc1cc2c(cc1N)C(N)(c1cc(C)c(Oc3ccn4ncnc4c3)cc1OC)N=CN2. The van der Waals surface area contributed by atoms with E-state index in [1.54, 1.807) is 55.5 Å². The molecule has 4 aromatic rings. The average molecular weight is 445 g/mol. The minimum atomic E-state index is -1.23. The molecule has 1 atom stereocenters. The second kappa shape index (κ2) is 7.68. The Morgan fingerprint density at radius 1 is 1.00 bits per heavy atom. The lowest BCUT2D eigenvalue weighted by Gasteiger charge is -2.33. The number of hydrogen-bond acceptors (Lipinski definition) is 9. The zero-order valence-corrected chi connectivity index (χ0v) is 18.4. The number of benzene rings is 2. The summed E-state index contributed by atoms with van der Waals surface area (Å²) < 4.78 is 18.8. The van der Waals surface area contributed by atoms with Gasteiger partial charge in [0.25, 0.3) is 0 Å². The van der Waals surface area contributed by atoms with Crippen LogP contribution in [0.2, 0.25) is 0 Å². The molecule has 0 spiro atoms. The van der Waals surface area contributed by atoms with Crippen LogP contribution in [0, 0.1) is 6.92 Å². The molecule has 0 saturated carbocycles. The highest BCUT2D eigenvalue weighted by Gasteiger charge is 2.37. The van der Waals surface area contributed by atoms with E-state index in [0.29, 0.717) is 45.5 Å². The highest BCUT2D eigenvalue weighted by molar-refractivity contribution is 5.85. The van der Waals surface area contributed by atoms with Gasteiger partial charge in [0.2, 0.25) is 0 Å². The van der Waals surface area contributed by atoms with Crippen molar-refractivity contribution in [3.8, 4) is 23.0 Å². The number of aryl methyl sites for hydroxylation is 1. The molecule has 10 heteroatoms. The molecule has 5 rings (SSSR count). The van der Waals surface area contributed by atoms with Crippen LogP contribution in [0.4, 0.5) is 11.4 Å². The summed E-state index contributed by atoms with van der Waals surface area (Å²) in [4.78, 5) is 8.76. The van der Waals surface area contributed by atoms with Crippen molar-refractivity contribution < 1.29 is 14.2 Å². The zero-order valence-electron chi connectivity index (χ0n) is 18.4. The molecule has 0 saturated heterocycles. The lowest BCUT2D eigenvalue weighted by molar-refractivity contribution is 0.390. The summed E-state index contributed by atoms with van der Waals surface area (Å²) in [5.41, 5.74) is 16.0. The van der Waals surface area contributed by atoms with Gasteiger partial charge in [-0.15, -0.1) is 0 Å². The first-order chi connectivity index (χ1) is 15.9. The van der Waals surface area contributed by atoms with E-state index in [9.17, 15) is 0 Å². The molecular weight excluding hydrogens is 422 g/mol. The number of anilines is 2. The van der Waals surface area contributed by atoms with Crippen LogP contribution in [0.15, 0.2) is 53.9 Å². The number of methoxy groups -OCH3 is 2. The molecule has 1 unspecified atom stereocenters. The molecule has 0 aliphatic carbocycles. The fraction of sp³-hybridized carbons (Fsp3) is 0.174. The molecule has 33 heavy (non-hydrogen) atoms. The minimum absolute atomic E-state index is 0.462. The monoisotopic (exact) mass is 445 g/mol. The van der Waals surface area contributed by atoms with Crippen LogP contribution in [0.5, 0.6) is 23.0 Å². The van der Waals surface area contributed by atoms with E-state index >= 15 is 0 Å². The van der Waals surface area contributed by atoms with Gasteiger partial charge in [-0.2, -0.15) is 5.10 Å². The quantitative estimate of drug-likeness (QED) is 0.399. The first-order valence-corrected chi connectivity index (χ1v) is 10.2. The lowest BCUT2D eigenvalue weighted by atomic mass is 9.88. The highest BCUT2D eigenvalue weighted by Crippen LogP contribution is 2.45. The largest absolute Gasteiger partial charge is 0.496 e. The number of rotatable bonds is 5. The number of nitrogens with one attached hydrogen (secondary N) is 1. The number of hydrogen-bond donors (Lipinski definition) is 3. The van der Waals surface area contributed by atoms with E-state index in [2.05, 4.69) is 20.4 Å². The number of pyridine rings is 1. The van der Waals surface area contributed by atoms with Crippen molar-refractivity contribution in [3.05, 3.63) is 65.6 Å². The highest BCUT2D eigenvalue weighted by atomic mass is 16.5. The molecule has 0 radical (unpaired) electrons. The summed E-state index contributed by atoms with van der Waals surface area (Å²) in [6.07, 6.45) is 4.83. The molecule has 0 fully saturated rings. The predicted molar refractivity (Wildman–Crippen MR) is 125 cm³/mol. The summed E-state index contributed by atoms with van der Waals surface area (Å²) in [5, 5.41) is 7.21. The van der Waals surface area contributed by atoms with Crippen molar-refractivity contribution in [2.24, 2.45) is 10.7 Å². The molecule has 3 heterocycles. The zero-order chi connectivity index (χ0) is 23.2. The summed E-state index contributed by atoms with van der Waals surface area (Å²) in [6, 6.07) is 10.9. The Kier molecular flexibility index (Phi) is 4.79. The average Bonchev–Trinajstić information content (AvgIpc) is 3.28. The maximum Gasteiger partial charge on any atom is 0.167 e. The standard InChI is InChI=1S/C23H23N7O3/c1-13-6-16(23(25)15-8-17(24)21(32-3)9-18(15)26-11-28-23)20(31-2)10-19(13)33-14-4-5-30-22(7-14)27-12-29-30/h4-12H,24-25H2,1-3H3,(H,26,28). The van der Waals surface area contributed by atoms with Crippen molar-refractivity contribution in [3.63, 3.8) is 0 Å². The van der Waals surface area contributed by atoms with Gasteiger partial charge in [0.1, 0.15) is 29.3 Å². The minimum Gasteiger partial charge on any atom is -0.496 e. The molecule has 0 bridgehead atoms. The lowest BCUT2D eigenvalue weighted by Crippen LogP contribution is -2.40. The smallest absolute Gasteiger partial charge is 0.167 e. The number of nitrogens with two attached hydrogens (primary N) is 2. The summed E-state index contributed by atoms with van der Waals surface area (Å²) in [5.74, 6) is 2.33. The third-order valence-electron chi connectivity index (χ3n) is 5.66. The van der Waals surface area contributed by atoms with Crippen molar-refractivity contribution >= 4 is 23.4 Å². The van der Waals surface area contributed by atoms with E-state index in [-0.39, 0.29) is 0 Å². The van der Waals surface area contributed by atoms with E-state index in [4.69, 9.17) is 25.7 Å². The van der Waals surface area contributed by atoms with Gasteiger partial charge in [-0.1, -0.05) is 0 Å². The van der Waals surface area contributed by atoms with Gasteiger partial charge < -0.3 is 25.3 Å². The van der Waals surface area contributed by atoms with Crippen LogP contribution in [0.3, 0.4) is 0 Å². The van der Waals surface area contributed by atoms with Crippen molar-refractivity contribution in [1.29, 1.82) is 0 Å². The topological polar surface area (TPSA) is 134 Å². The van der Waals surface area contributed by atoms with Gasteiger partial charge in [-0.25, -0.2) is 14.5 Å². The van der Waals surface area contributed by atoms with Gasteiger partial charge in [-0.05, 0) is 30.7 Å². The molecule has 0 amide bonds. The second-order valence-electron chi connectivity index (χ2n) is 7.65. The maximum absolute atomic E-state index is 6.88. The fourth-order valence-electron chi connectivity index (χ4n) is 3.93. The summed E-state index contributed by atoms with van der Waals surface area (Å²) in [6.45, 7) is 1.94. The number of fused-ring (bicyclic) bond motifs is 2. The molecule has 10 nitrogen and oxygen atoms in total. The molecule has 168 valence electrons. The molecular formula is C23H23N7O3. The van der Waals surface area contributed by atoms with Gasteiger partial charge >= 0.3 is 0 Å². The first-order valence-electron chi connectivity index (χ1n) is 10.2. The van der Waals surface area contributed by atoms with Crippen LogP contribution in [0.1, 0.15) is 16.7 Å². The van der Waals surface area contributed by atoms with E-state index in [1.165, 1.54) is 6.33 Å². The Labute approximate surface area is 189 Å². The number of ether oxygens (including phenoxy) is 3. The molecule has 5 N–H and O–H groups in total. The summed E-state index contributed by atoms with van der Waals surface area (Å²) in [7, 11) is 3.15. The van der Waals surface area contributed by atoms with Gasteiger partial charge in [0.05, 0.1) is 31.9 Å². The number of aromatic nitrogens is 3. The van der Waals surface area contributed by atoms with Crippen LogP contribution >= 0.6 is 0 Å². The number of nitrogen functional groups attached to an aromatic ring is 1. The van der Waals surface area contributed by atoms with Crippen molar-refractivity contribution in [1.82, 2.24) is 14.6 Å². The fourth-order valence-corrected chi connectivity index (χ4v) is 3.93. The normalized spacial score (nSPS) is 16.8. The third-order valence-corrected chi connectivity index (χ3v) is 5.66. The Morgan fingerprint density at radius 3 is 2.61 bits per heavy atom. The van der Waals surface area contributed by atoms with Gasteiger partial charge in [-0.3, -0.25) is 5.73 Å². The van der Waals surface area contributed by atoms with Crippen LogP contribution in [-0.2, 0) is 5.66 Å². The van der Waals surface area contributed by atoms with Crippen LogP contribution in [-0.4, -0.2) is 35.2 Å². The molecule has 2 aromatic heterocycles. The maximum atomic E-state index is 6.88. The first kappa shape index (κ1) is 20.6. The van der Waals surface area contributed by atoms with Crippen LogP contribution in [0.25, 0.3) is 5.65 Å². The third kappa shape index (κ3) is 3.37. The van der Waals surface area contributed by atoms with Crippen LogP contribution < -0.4 is 31.0 Å². The number of aliphatic imine (C=N–C) groups is 1. The Hall–Kier alpha value is -4.31. The van der Waals surface area contributed by atoms with Gasteiger partial charge in [0.15, 0.2) is 11.3 Å².